The van der Waals surface area contributed by atoms with Crippen molar-refractivity contribution in [3.05, 3.63) is 34.6 Å². The van der Waals surface area contributed by atoms with Crippen molar-refractivity contribution in [1.29, 1.82) is 0 Å². The lowest BCUT2D eigenvalue weighted by atomic mass is 9.73. The average Bonchev–Trinajstić information content (AvgIpc) is 2.67. The van der Waals surface area contributed by atoms with E-state index in [9.17, 15) is 9.50 Å². The van der Waals surface area contributed by atoms with Crippen LogP contribution < -0.4 is 5.73 Å². The minimum atomic E-state index is -0.880. The summed E-state index contributed by atoms with van der Waals surface area (Å²) < 4.78 is 13.9. The Morgan fingerprint density at radius 1 is 1.26 bits per heavy atom. The Balaban J connectivity index is 2.33. The number of nitrogens with two attached hydrogens (primary N) is 1. The third-order valence-electron chi connectivity index (χ3n) is 4.34. The van der Waals surface area contributed by atoms with Crippen molar-refractivity contribution in [1.82, 2.24) is 0 Å². The second kappa shape index (κ2) is 6.21. The maximum Gasteiger partial charge on any atom is 0.129 e. The van der Waals surface area contributed by atoms with E-state index < -0.39 is 17.3 Å². The minimum absolute atomic E-state index is 0.278. The number of halogens is 2. The second-order valence-corrected chi connectivity index (χ2v) is 5.99. The quantitative estimate of drug-likeness (QED) is 0.830. The first-order chi connectivity index (χ1) is 9.09. The monoisotopic (exact) mass is 285 g/mol. The molecule has 1 fully saturated rings. The third kappa shape index (κ3) is 3.10. The fourth-order valence-corrected chi connectivity index (χ4v) is 3.26. The predicted octanol–water partition coefficient (Wildman–Crippen LogP) is 3.81. The van der Waals surface area contributed by atoms with Crippen LogP contribution in [0.2, 0.25) is 5.02 Å². The lowest BCUT2D eigenvalue weighted by Gasteiger charge is -2.36. The van der Waals surface area contributed by atoms with Gasteiger partial charge >= 0.3 is 0 Å². The topological polar surface area (TPSA) is 46.2 Å². The molecule has 1 atom stereocenters. The smallest absolute Gasteiger partial charge is 0.129 e. The van der Waals surface area contributed by atoms with Gasteiger partial charge in [0.25, 0.3) is 0 Å². The van der Waals surface area contributed by atoms with E-state index in [0.29, 0.717) is 11.6 Å². The highest BCUT2D eigenvalue weighted by molar-refractivity contribution is 6.30. The summed E-state index contributed by atoms with van der Waals surface area (Å²) in [4.78, 5) is 0. The molecule has 1 aromatic carbocycles. The molecule has 0 saturated heterocycles. The van der Waals surface area contributed by atoms with Crippen molar-refractivity contribution in [2.24, 2.45) is 11.1 Å². The number of hydrogen-bond acceptors (Lipinski definition) is 2. The Morgan fingerprint density at radius 2 is 1.89 bits per heavy atom. The summed E-state index contributed by atoms with van der Waals surface area (Å²) in [5.74, 6) is -0.408. The van der Waals surface area contributed by atoms with E-state index in [1.807, 2.05) is 0 Å². The molecule has 4 heteroatoms. The summed E-state index contributed by atoms with van der Waals surface area (Å²) in [5, 5.41) is 11.1. The average molecular weight is 286 g/mol. The van der Waals surface area contributed by atoms with E-state index in [-0.39, 0.29) is 5.56 Å². The predicted molar refractivity (Wildman–Crippen MR) is 75.6 cm³/mol. The SMILES string of the molecule is NCC1(C(O)c2cc(Cl)ccc2F)CCCCCC1. The highest BCUT2D eigenvalue weighted by Gasteiger charge is 2.38. The number of aliphatic hydroxyl groups is 1. The van der Waals surface area contributed by atoms with E-state index in [4.69, 9.17) is 17.3 Å². The first kappa shape index (κ1) is 14.8. The van der Waals surface area contributed by atoms with Crippen molar-refractivity contribution < 1.29 is 9.50 Å². The largest absolute Gasteiger partial charge is 0.388 e. The Bertz CT molecular complexity index is 430. The number of aliphatic hydroxyl groups excluding tert-OH is 1. The summed E-state index contributed by atoms with van der Waals surface area (Å²) in [6.07, 6.45) is 5.20. The number of hydrogen-bond donors (Lipinski definition) is 2. The molecule has 0 bridgehead atoms. The maximum atomic E-state index is 13.9. The van der Waals surface area contributed by atoms with E-state index in [1.54, 1.807) is 0 Å². The molecule has 1 saturated carbocycles. The Hall–Kier alpha value is -0.640. The van der Waals surface area contributed by atoms with Crippen LogP contribution in [0.15, 0.2) is 18.2 Å². The van der Waals surface area contributed by atoms with Crippen LogP contribution >= 0.6 is 11.6 Å². The Labute approximate surface area is 118 Å². The fourth-order valence-electron chi connectivity index (χ4n) is 3.08. The molecule has 0 radical (unpaired) electrons. The normalized spacial score (nSPS) is 20.8. The molecule has 106 valence electrons. The highest BCUT2D eigenvalue weighted by Crippen LogP contribution is 2.45. The van der Waals surface area contributed by atoms with Crippen LogP contribution in [0.4, 0.5) is 4.39 Å². The van der Waals surface area contributed by atoms with Crippen LogP contribution in [0.1, 0.15) is 50.2 Å². The van der Waals surface area contributed by atoms with Gasteiger partial charge in [0.05, 0.1) is 6.10 Å². The summed E-state index contributed by atoms with van der Waals surface area (Å²) >= 11 is 5.91. The zero-order valence-corrected chi connectivity index (χ0v) is 11.8. The molecular formula is C15H21ClFNO. The first-order valence-corrected chi connectivity index (χ1v) is 7.30. The lowest BCUT2D eigenvalue weighted by Crippen LogP contribution is -2.36. The van der Waals surface area contributed by atoms with Gasteiger partial charge in [0, 0.05) is 22.5 Å². The van der Waals surface area contributed by atoms with E-state index in [1.165, 1.54) is 18.2 Å². The molecular weight excluding hydrogens is 265 g/mol. The van der Waals surface area contributed by atoms with Crippen LogP contribution in [-0.4, -0.2) is 11.7 Å². The Kier molecular flexibility index (Phi) is 4.82. The van der Waals surface area contributed by atoms with Crippen molar-refractivity contribution >= 4 is 11.6 Å². The molecule has 0 heterocycles. The van der Waals surface area contributed by atoms with Gasteiger partial charge in [-0.3, -0.25) is 0 Å². The highest BCUT2D eigenvalue weighted by atomic mass is 35.5. The van der Waals surface area contributed by atoms with Crippen LogP contribution in [-0.2, 0) is 0 Å². The van der Waals surface area contributed by atoms with Crippen LogP contribution in [0, 0.1) is 11.2 Å². The molecule has 0 spiro atoms. The summed E-state index contributed by atoms with van der Waals surface area (Å²) in [7, 11) is 0. The van der Waals surface area contributed by atoms with Gasteiger partial charge in [-0.15, -0.1) is 0 Å². The molecule has 1 aliphatic rings. The summed E-state index contributed by atoms with van der Waals surface area (Å²) in [6.45, 7) is 0.375. The molecule has 2 rings (SSSR count). The van der Waals surface area contributed by atoms with Crippen LogP contribution in [0.5, 0.6) is 0 Å². The van der Waals surface area contributed by atoms with Gasteiger partial charge in [0.2, 0.25) is 0 Å². The van der Waals surface area contributed by atoms with E-state index in [2.05, 4.69) is 0 Å². The molecule has 3 N–H and O–H groups in total. The van der Waals surface area contributed by atoms with Crippen molar-refractivity contribution in [3.63, 3.8) is 0 Å². The van der Waals surface area contributed by atoms with Gasteiger partial charge in [0.1, 0.15) is 5.82 Å². The second-order valence-electron chi connectivity index (χ2n) is 5.55. The summed E-state index contributed by atoms with van der Waals surface area (Å²) in [5.41, 5.74) is 5.78. The Morgan fingerprint density at radius 3 is 2.47 bits per heavy atom. The zero-order chi connectivity index (χ0) is 13.9. The fraction of sp³-hybridized carbons (Fsp3) is 0.600. The lowest BCUT2D eigenvalue weighted by molar-refractivity contribution is 0.0142. The minimum Gasteiger partial charge on any atom is -0.388 e. The van der Waals surface area contributed by atoms with Gasteiger partial charge in [-0.2, -0.15) is 0 Å². The molecule has 1 aliphatic carbocycles. The maximum absolute atomic E-state index is 13.9. The molecule has 1 aromatic rings. The van der Waals surface area contributed by atoms with Gasteiger partial charge in [-0.25, -0.2) is 4.39 Å². The van der Waals surface area contributed by atoms with Crippen molar-refractivity contribution in [2.75, 3.05) is 6.54 Å². The van der Waals surface area contributed by atoms with Crippen LogP contribution in [0.3, 0.4) is 0 Å². The number of benzene rings is 1. The summed E-state index contributed by atoms with van der Waals surface area (Å²) in [6, 6.07) is 4.32. The van der Waals surface area contributed by atoms with Gasteiger partial charge < -0.3 is 10.8 Å². The molecule has 19 heavy (non-hydrogen) atoms. The van der Waals surface area contributed by atoms with Crippen molar-refractivity contribution in [3.8, 4) is 0 Å². The van der Waals surface area contributed by atoms with Crippen molar-refractivity contribution in [2.45, 2.75) is 44.6 Å². The van der Waals surface area contributed by atoms with Crippen LogP contribution in [0.25, 0.3) is 0 Å². The first-order valence-electron chi connectivity index (χ1n) is 6.92. The molecule has 2 nitrogen and oxygen atoms in total. The standard InChI is InChI=1S/C15H21ClFNO/c16-11-5-6-13(17)12(9-11)14(19)15(10-18)7-3-1-2-4-8-15/h5-6,9,14,19H,1-4,7-8,10,18H2. The zero-order valence-electron chi connectivity index (χ0n) is 11.0. The van der Waals surface area contributed by atoms with Gasteiger partial charge in [-0.1, -0.05) is 37.3 Å². The van der Waals surface area contributed by atoms with Gasteiger partial charge in [-0.05, 0) is 31.0 Å². The molecule has 0 amide bonds. The molecule has 0 aliphatic heterocycles. The number of rotatable bonds is 3. The van der Waals surface area contributed by atoms with E-state index in [0.717, 1.165) is 38.5 Å². The molecule has 1 unspecified atom stereocenters. The molecule has 0 aromatic heterocycles. The van der Waals surface area contributed by atoms with Gasteiger partial charge in [0.15, 0.2) is 0 Å². The third-order valence-corrected chi connectivity index (χ3v) is 4.57. The van der Waals surface area contributed by atoms with E-state index >= 15 is 0 Å².